The number of pyridine rings is 1. The third-order valence-corrected chi connectivity index (χ3v) is 4.48. The van der Waals surface area contributed by atoms with Crippen molar-refractivity contribution in [2.75, 3.05) is 43.4 Å². The molecule has 1 amide bonds. The molecule has 2 aromatic rings. The van der Waals surface area contributed by atoms with Gasteiger partial charge in [0, 0.05) is 36.9 Å². The summed E-state index contributed by atoms with van der Waals surface area (Å²) in [6.45, 7) is 5.77. The Labute approximate surface area is 147 Å². The van der Waals surface area contributed by atoms with E-state index in [0.29, 0.717) is 16.4 Å². The van der Waals surface area contributed by atoms with Crippen LogP contribution in [0.15, 0.2) is 36.4 Å². The van der Waals surface area contributed by atoms with Crippen LogP contribution in [0.4, 0.5) is 11.5 Å². The second-order valence-electron chi connectivity index (χ2n) is 6.08. The maximum Gasteiger partial charge on any atom is 0.274 e. The number of amides is 1. The second kappa shape index (κ2) is 7.20. The molecule has 1 saturated heterocycles. The highest BCUT2D eigenvalue weighted by Crippen LogP contribution is 2.21. The Hall–Kier alpha value is -2.11. The predicted octanol–water partition coefficient (Wildman–Crippen LogP) is 3.05. The van der Waals surface area contributed by atoms with Crippen LogP contribution in [0.2, 0.25) is 5.02 Å². The van der Waals surface area contributed by atoms with Crippen molar-refractivity contribution in [3.05, 3.63) is 52.7 Å². The predicted molar refractivity (Wildman–Crippen MR) is 98.1 cm³/mol. The van der Waals surface area contributed by atoms with E-state index in [1.165, 1.54) is 0 Å². The minimum Gasteiger partial charge on any atom is -0.354 e. The number of aromatic nitrogens is 1. The molecule has 1 N–H and O–H groups in total. The lowest BCUT2D eigenvalue weighted by Crippen LogP contribution is -2.44. The van der Waals surface area contributed by atoms with Gasteiger partial charge in [0.1, 0.15) is 11.5 Å². The molecule has 1 aromatic carbocycles. The van der Waals surface area contributed by atoms with E-state index in [1.54, 1.807) is 18.2 Å². The molecule has 1 aliphatic rings. The van der Waals surface area contributed by atoms with Crippen molar-refractivity contribution in [1.29, 1.82) is 0 Å². The minimum atomic E-state index is -0.226. The van der Waals surface area contributed by atoms with Gasteiger partial charge in [-0.1, -0.05) is 23.7 Å². The fraction of sp³-hybridized carbons (Fsp3) is 0.333. The highest BCUT2D eigenvalue weighted by Gasteiger charge is 2.17. The van der Waals surface area contributed by atoms with Crippen LogP contribution in [-0.4, -0.2) is 49.0 Å². The van der Waals surface area contributed by atoms with Crippen molar-refractivity contribution in [3.63, 3.8) is 0 Å². The quantitative estimate of drug-likeness (QED) is 0.929. The number of carbonyl (C=O) groups excluding carboxylic acids is 1. The van der Waals surface area contributed by atoms with E-state index in [1.807, 2.05) is 25.1 Å². The van der Waals surface area contributed by atoms with Gasteiger partial charge in [0.15, 0.2) is 0 Å². The average molecular weight is 345 g/mol. The Morgan fingerprint density at radius 1 is 1.17 bits per heavy atom. The van der Waals surface area contributed by atoms with Gasteiger partial charge in [0.25, 0.3) is 5.91 Å². The summed E-state index contributed by atoms with van der Waals surface area (Å²) in [5, 5.41) is 3.48. The lowest BCUT2D eigenvalue weighted by atomic mass is 10.2. The van der Waals surface area contributed by atoms with Crippen LogP contribution in [-0.2, 0) is 0 Å². The highest BCUT2D eigenvalue weighted by atomic mass is 35.5. The topological polar surface area (TPSA) is 48.5 Å². The lowest BCUT2D eigenvalue weighted by molar-refractivity contribution is 0.102. The molecule has 5 nitrogen and oxygen atoms in total. The maximum atomic E-state index is 12.5. The van der Waals surface area contributed by atoms with Gasteiger partial charge < -0.3 is 15.1 Å². The molecule has 0 spiro atoms. The lowest BCUT2D eigenvalue weighted by Gasteiger charge is -2.33. The first kappa shape index (κ1) is 16.7. The molecule has 126 valence electrons. The molecule has 0 radical (unpaired) electrons. The molecule has 0 bridgehead atoms. The highest BCUT2D eigenvalue weighted by molar-refractivity contribution is 6.31. The van der Waals surface area contributed by atoms with Gasteiger partial charge >= 0.3 is 0 Å². The SMILES string of the molecule is Cc1ccc(Cl)cc1NC(=O)c1cccc(N2CCN(C)CC2)n1. The van der Waals surface area contributed by atoms with E-state index in [9.17, 15) is 4.79 Å². The Morgan fingerprint density at radius 2 is 1.92 bits per heavy atom. The number of hydrogen-bond donors (Lipinski definition) is 1. The van der Waals surface area contributed by atoms with Gasteiger partial charge in [-0.05, 0) is 43.8 Å². The number of hydrogen-bond acceptors (Lipinski definition) is 4. The average Bonchev–Trinajstić information content (AvgIpc) is 2.59. The third-order valence-electron chi connectivity index (χ3n) is 4.24. The van der Waals surface area contributed by atoms with E-state index in [0.717, 1.165) is 37.6 Å². The van der Waals surface area contributed by atoms with E-state index in [2.05, 4.69) is 27.1 Å². The van der Waals surface area contributed by atoms with Crippen molar-refractivity contribution in [3.8, 4) is 0 Å². The van der Waals surface area contributed by atoms with Crippen LogP contribution < -0.4 is 10.2 Å². The van der Waals surface area contributed by atoms with Crippen molar-refractivity contribution >= 4 is 29.0 Å². The zero-order valence-corrected chi connectivity index (χ0v) is 14.7. The number of rotatable bonds is 3. The number of aryl methyl sites for hydroxylation is 1. The molecule has 24 heavy (non-hydrogen) atoms. The summed E-state index contributed by atoms with van der Waals surface area (Å²) in [5.74, 6) is 0.620. The van der Waals surface area contributed by atoms with Crippen LogP contribution >= 0.6 is 11.6 Å². The number of benzene rings is 1. The van der Waals surface area contributed by atoms with Crippen molar-refractivity contribution < 1.29 is 4.79 Å². The van der Waals surface area contributed by atoms with Gasteiger partial charge in [0.05, 0.1) is 0 Å². The van der Waals surface area contributed by atoms with Gasteiger partial charge in [-0.25, -0.2) is 4.98 Å². The van der Waals surface area contributed by atoms with Crippen LogP contribution in [0.5, 0.6) is 0 Å². The van der Waals surface area contributed by atoms with Gasteiger partial charge in [0.2, 0.25) is 0 Å². The summed E-state index contributed by atoms with van der Waals surface area (Å²) in [6.07, 6.45) is 0. The van der Waals surface area contributed by atoms with Gasteiger partial charge in [-0.15, -0.1) is 0 Å². The van der Waals surface area contributed by atoms with Crippen molar-refractivity contribution in [1.82, 2.24) is 9.88 Å². The molecular weight excluding hydrogens is 324 g/mol. The molecule has 1 fully saturated rings. The molecular formula is C18H21ClN4O. The van der Waals surface area contributed by atoms with Gasteiger partial charge in [-0.3, -0.25) is 4.79 Å². The van der Waals surface area contributed by atoms with E-state index >= 15 is 0 Å². The summed E-state index contributed by atoms with van der Waals surface area (Å²) in [7, 11) is 2.11. The first-order valence-electron chi connectivity index (χ1n) is 8.01. The van der Waals surface area contributed by atoms with Crippen LogP contribution in [0, 0.1) is 6.92 Å². The Kier molecular flexibility index (Phi) is 5.02. The van der Waals surface area contributed by atoms with Crippen LogP contribution in [0.25, 0.3) is 0 Å². The normalized spacial score (nSPS) is 15.4. The summed E-state index contributed by atoms with van der Waals surface area (Å²) in [6, 6.07) is 11.0. The Bertz CT molecular complexity index is 742. The molecule has 1 aromatic heterocycles. The van der Waals surface area contributed by atoms with E-state index in [4.69, 9.17) is 11.6 Å². The number of halogens is 1. The zero-order valence-electron chi connectivity index (χ0n) is 13.9. The smallest absolute Gasteiger partial charge is 0.274 e. The summed E-state index contributed by atoms with van der Waals surface area (Å²) >= 11 is 6.01. The fourth-order valence-electron chi connectivity index (χ4n) is 2.68. The largest absolute Gasteiger partial charge is 0.354 e. The molecule has 6 heteroatoms. The van der Waals surface area contributed by atoms with E-state index < -0.39 is 0 Å². The van der Waals surface area contributed by atoms with E-state index in [-0.39, 0.29) is 5.91 Å². The number of carbonyl (C=O) groups is 1. The fourth-order valence-corrected chi connectivity index (χ4v) is 2.85. The van der Waals surface area contributed by atoms with Gasteiger partial charge in [-0.2, -0.15) is 0 Å². The summed E-state index contributed by atoms with van der Waals surface area (Å²) in [4.78, 5) is 21.5. The number of likely N-dealkylation sites (N-methyl/N-ethyl adjacent to an activating group) is 1. The third kappa shape index (κ3) is 3.86. The maximum absolute atomic E-state index is 12.5. The summed E-state index contributed by atoms with van der Waals surface area (Å²) in [5.41, 5.74) is 2.08. The standard InChI is InChI=1S/C18H21ClN4O/c1-13-6-7-14(19)12-16(13)21-18(24)15-4-3-5-17(20-15)23-10-8-22(2)9-11-23/h3-7,12H,8-11H2,1-2H3,(H,21,24). The molecule has 0 atom stereocenters. The Balaban J connectivity index is 1.76. The molecule has 0 unspecified atom stereocenters. The molecule has 2 heterocycles. The number of nitrogens with one attached hydrogen (secondary N) is 1. The van der Waals surface area contributed by atoms with Crippen molar-refractivity contribution in [2.24, 2.45) is 0 Å². The van der Waals surface area contributed by atoms with Crippen LogP contribution in [0.3, 0.4) is 0 Å². The first-order valence-corrected chi connectivity index (χ1v) is 8.39. The number of piperazine rings is 1. The van der Waals surface area contributed by atoms with Crippen LogP contribution in [0.1, 0.15) is 16.1 Å². The number of nitrogens with zero attached hydrogens (tertiary/aromatic N) is 3. The Morgan fingerprint density at radius 3 is 2.67 bits per heavy atom. The minimum absolute atomic E-state index is 0.226. The molecule has 0 aliphatic carbocycles. The monoisotopic (exact) mass is 344 g/mol. The zero-order chi connectivity index (χ0) is 17.1. The first-order chi connectivity index (χ1) is 11.5. The molecule has 3 rings (SSSR count). The molecule has 1 aliphatic heterocycles. The van der Waals surface area contributed by atoms with Crippen molar-refractivity contribution in [2.45, 2.75) is 6.92 Å². The number of anilines is 2. The molecule has 0 saturated carbocycles. The second-order valence-corrected chi connectivity index (χ2v) is 6.52. The summed E-state index contributed by atoms with van der Waals surface area (Å²) < 4.78 is 0.